The number of rotatable bonds is 7. The number of likely N-dealkylation sites (N-methyl/N-ethyl adjacent to an activating group) is 1. The Balaban J connectivity index is 2.22. The van der Waals surface area contributed by atoms with Crippen molar-refractivity contribution in [2.75, 3.05) is 18.8 Å². The van der Waals surface area contributed by atoms with Crippen LogP contribution >= 0.6 is 11.8 Å². The quantitative estimate of drug-likeness (QED) is 0.727. The first-order valence-electron chi connectivity index (χ1n) is 5.73. The summed E-state index contributed by atoms with van der Waals surface area (Å²) >= 11 is 1.93. The molecule has 88 valence electrons. The van der Waals surface area contributed by atoms with Gasteiger partial charge >= 0.3 is 0 Å². The van der Waals surface area contributed by atoms with Crippen LogP contribution in [0.5, 0.6) is 0 Å². The molecule has 1 N–H and O–H groups in total. The van der Waals surface area contributed by atoms with Crippen molar-refractivity contribution in [2.24, 2.45) is 0 Å². The lowest BCUT2D eigenvalue weighted by Crippen LogP contribution is -2.16. The van der Waals surface area contributed by atoms with Gasteiger partial charge in [-0.15, -0.1) is 0 Å². The molecule has 16 heavy (non-hydrogen) atoms. The Morgan fingerprint density at radius 1 is 1.44 bits per heavy atom. The molecule has 0 aliphatic rings. The standard InChI is InChI=1S/C14H21NS/c1-4-15-9-13(3)10-16-11-14-7-5-6-12(2)8-14/h5-8,15H,3-4,9-11H2,1-2H3. The van der Waals surface area contributed by atoms with Crippen molar-refractivity contribution in [3.63, 3.8) is 0 Å². The summed E-state index contributed by atoms with van der Waals surface area (Å²) in [5, 5.41) is 3.29. The van der Waals surface area contributed by atoms with Crippen LogP contribution < -0.4 is 5.32 Å². The summed E-state index contributed by atoms with van der Waals surface area (Å²) in [6, 6.07) is 8.70. The number of nitrogens with one attached hydrogen (secondary N) is 1. The first-order valence-corrected chi connectivity index (χ1v) is 6.88. The van der Waals surface area contributed by atoms with Crippen molar-refractivity contribution in [1.82, 2.24) is 5.32 Å². The lowest BCUT2D eigenvalue weighted by atomic mass is 10.2. The summed E-state index contributed by atoms with van der Waals surface area (Å²) in [6.45, 7) is 10.3. The van der Waals surface area contributed by atoms with Gasteiger partial charge in [0.25, 0.3) is 0 Å². The van der Waals surface area contributed by atoms with Gasteiger partial charge in [0.2, 0.25) is 0 Å². The number of hydrogen-bond donors (Lipinski definition) is 1. The molecule has 0 unspecified atom stereocenters. The van der Waals surface area contributed by atoms with Crippen LogP contribution in [-0.2, 0) is 5.75 Å². The summed E-state index contributed by atoms with van der Waals surface area (Å²) in [5.41, 5.74) is 4.02. The molecule has 0 atom stereocenters. The fourth-order valence-corrected chi connectivity index (χ4v) is 2.38. The molecule has 0 amide bonds. The van der Waals surface area contributed by atoms with E-state index in [2.05, 4.69) is 50.0 Å². The molecule has 0 bridgehead atoms. The van der Waals surface area contributed by atoms with Crippen molar-refractivity contribution >= 4 is 11.8 Å². The predicted molar refractivity (Wildman–Crippen MR) is 75.0 cm³/mol. The minimum atomic E-state index is 0.942. The average molecular weight is 235 g/mol. The third-order valence-corrected chi connectivity index (χ3v) is 3.43. The maximum atomic E-state index is 4.06. The molecule has 1 aromatic rings. The Morgan fingerprint density at radius 3 is 2.94 bits per heavy atom. The molecule has 1 aromatic carbocycles. The first kappa shape index (κ1) is 13.3. The van der Waals surface area contributed by atoms with Gasteiger partial charge in [-0.05, 0) is 19.0 Å². The predicted octanol–water partition coefficient (Wildman–Crippen LogP) is 3.39. The number of hydrogen-bond acceptors (Lipinski definition) is 2. The molecule has 0 saturated carbocycles. The SMILES string of the molecule is C=C(CNCC)CSCc1cccc(C)c1. The van der Waals surface area contributed by atoms with Crippen LogP contribution in [-0.4, -0.2) is 18.8 Å². The Morgan fingerprint density at radius 2 is 2.25 bits per heavy atom. The average Bonchev–Trinajstić information content (AvgIpc) is 2.26. The van der Waals surface area contributed by atoms with Crippen LogP contribution in [0.4, 0.5) is 0 Å². The number of aryl methyl sites for hydroxylation is 1. The van der Waals surface area contributed by atoms with Gasteiger partial charge in [0.15, 0.2) is 0 Å². The second-order valence-electron chi connectivity index (χ2n) is 4.01. The van der Waals surface area contributed by atoms with E-state index in [0.29, 0.717) is 0 Å². The normalized spacial score (nSPS) is 10.4. The second-order valence-corrected chi connectivity index (χ2v) is 5.00. The summed E-state index contributed by atoms with van der Waals surface area (Å²) < 4.78 is 0. The van der Waals surface area contributed by atoms with Gasteiger partial charge in [-0.3, -0.25) is 0 Å². The lowest BCUT2D eigenvalue weighted by Gasteiger charge is -2.06. The van der Waals surface area contributed by atoms with Gasteiger partial charge in [0.05, 0.1) is 0 Å². The Labute approximate surface area is 103 Å². The highest BCUT2D eigenvalue weighted by Gasteiger charge is 1.96. The van der Waals surface area contributed by atoms with E-state index in [1.165, 1.54) is 16.7 Å². The molecule has 0 radical (unpaired) electrons. The summed E-state index contributed by atoms with van der Waals surface area (Å²) in [6.07, 6.45) is 0. The third kappa shape index (κ3) is 5.38. The van der Waals surface area contributed by atoms with Crippen LogP contribution in [0.1, 0.15) is 18.1 Å². The topological polar surface area (TPSA) is 12.0 Å². The van der Waals surface area contributed by atoms with Crippen LogP contribution in [0.2, 0.25) is 0 Å². The van der Waals surface area contributed by atoms with E-state index in [4.69, 9.17) is 0 Å². The van der Waals surface area contributed by atoms with E-state index >= 15 is 0 Å². The number of benzene rings is 1. The summed E-state index contributed by atoms with van der Waals surface area (Å²) in [4.78, 5) is 0. The van der Waals surface area contributed by atoms with E-state index in [9.17, 15) is 0 Å². The molecule has 0 saturated heterocycles. The molecule has 0 aromatic heterocycles. The van der Waals surface area contributed by atoms with Crippen LogP contribution in [0.25, 0.3) is 0 Å². The minimum Gasteiger partial charge on any atom is -0.313 e. The first-order chi connectivity index (χ1) is 7.72. The van der Waals surface area contributed by atoms with Gasteiger partial charge in [-0.2, -0.15) is 11.8 Å². The number of thioether (sulfide) groups is 1. The van der Waals surface area contributed by atoms with Crippen LogP contribution in [0.3, 0.4) is 0 Å². The molecule has 0 fully saturated rings. The molecular formula is C14H21NS. The zero-order valence-corrected chi connectivity index (χ0v) is 11.1. The van der Waals surface area contributed by atoms with Gasteiger partial charge in [-0.1, -0.05) is 48.9 Å². The molecule has 1 rings (SSSR count). The smallest absolute Gasteiger partial charge is 0.0187 e. The zero-order chi connectivity index (χ0) is 11.8. The van der Waals surface area contributed by atoms with E-state index in [1.54, 1.807) is 0 Å². The molecule has 0 aliphatic carbocycles. The third-order valence-electron chi connectivity index (χ3n) is 2.28. The van der Waals surface area contributed by atoms with Crippen LogP contribution in [0.15, 0.2) is 36.4 Å². The van der Waals surface area contributed by atoms with Gasteiger partial charge in [0, 0.05) is 18.1 Å². The Bertz CT molecular complexity index is 333. The van der Waals surface area contributed by atoms with E-state index in [0.717, 1.165) is 24.6 Å². The van der Waals surface area contributed by atoms with Crippen molar-refractivity contribution in [1.29, 1.82) is 0 Å². The summed E-state index contributed by atoms with van der Waals surface area (Å²) in [5.74, 6) is 2.12. The van der Waals surface area contributed by atoms with Crippen molar-refractivity contribution < 1.29 is 0 Å². The fraction of sp³-hybridized carbons (Fsp3) is 0.429. The second kappa shape index (κ2) is 7.53. The fourth-order valence-electron chi connectivity index (χ4n) is 1.47. The zero-order valence-electron chi connectivity index (χ0n) is 10.3. The van der Waals surface area contributed by atoms with Crippen molar-refractivity contribution in [2.45, 2.75) is 19.6 Å². The summed E-state index contributed by atoms with van der Waals surface area (Å²) in [7, 11) is 0. The van der Waals surface area contributed by atoms with E-state index in [-0.39, 0.29) is 0 Å². The largest absolute Gasteiger partial charge is 0.313 e. The van der Waals surface area contributed by atoms with Gasteiger partial charge in [0.1, 0.15) is 0 Å². The van der Waals surface area contributed by atoms with Gasteiger partial charge in [-0.25, -0.2) is 0 Å². The van der Waals surface area contributed by atoms with E-state index in [1.807, 2.05) is 11.8 Å². The Kier molecular flexibility index (Phi) is 6.27. The monoisotopic (exact) mass is 235 g/mol. The van der Waals surface area contributed by atoms with Gasteiger partial charge < -0.3 is 5.32 Å². The highest BCUT2D eigenvalue weighted by molar-refractivity contribution is 7.98. The molecular weight excluding hydrogens is 214 g/mol. The molecule has 0 aliphatic heterocycles. The maximum absolute atomic E-state index is 4.06. The maximum Gasteiger partial charge on any atom is 0.0187 e. The van der Waals surface area contributed by atoms with Crippen molar-refractivity contribution in [3.05, 3.63) is 47.5 Å². The molecule has 0 spiro atoms. The highest BCUT2D eigenvalue weighted by atomic mass is 32.2. The van der Waals surface area contributed by atoms with E-state index < -0.39 is 0 Å². The minimum absolute atomic E-state index is 0.942. The van der Waals surface area contributed by atoms with Crippen LogP contribution in [0, 0.1) is 6.92 Å². The lowest BCUT2D eigenvalue weighted by molar-refractivity contribution is 0.779. The Hall–Kier alpha value is -0.730. The molecule has 1 nitrogen and oxygen atoms in total. The molecule has 0 heterocycles. The molecule has 2 heteroatoms. The highest BCUT2D eigenvalue weighted by Crippen LogP contribution is 2.15. The van der Waals surface area contributed by atoms with Crippen molar-refractivity contribution in [3.8, 4) is 0 Å².